The van der Waals surface area contributed by atoms with Gasteiger partial charge in [-0.25, -0.2) is 0 Å². The van der Waals surface area contributed by atoms with Gasteiger partial charge in [-0.15, -0.1) is 15.3 Å². The third-order valence-corrected chi connectivity index (χ3v) is 4.70. The predicted octanol–water partition coefficient (Wildman–Crippen LogP) is 6.21. The van der Waals surface area contributed by atoms with Crippen LogP contribution < -0.4 is 0 Å². The second kappa shape index (κ2) is 8.11. The topological polar surface area (TPSA) is 50.5 Å². The highest BCUT2D eigenvalue weighted by atomic mass is 35.5. The maximum atomic E-state index is 5.84. The first kappa shape index (κ1) is 18.0. The van der Waals surface area contributed by atoms with E-state index >= 15 is 0 Å². The lowest BCUT2D eigenvalue weighted by atomic mass is 9.78. The van der Waals surface area contributed by atoms with Gasteiger partial charge in [-0.3, -0.25) is 0 Å². The fraction of sp³-hybridized carbons (Fsp3) is 0.0435. The number of nitrogens with zero attached hydrogens (tertiary/aromatic N) is 4. The van der Waals surface area contributed by atoms with Crippen molar-refractivity contribution in [3.63, 3.8) is 0 Å². The van der Waals surface area contributed by atoms with E-state index in [1.54, 1.807) is 12.1 Å². The fourth-order valence-electron chi connectivity index (χ4n) is 3.20. The molecular formula is C23H17ClN4. The van der Waals surface area contributed by atoms with Gasteiger partial charge in [0.05, 0.1) is 0 Å². The molecule has 1 aromatic heterocycles. The zero-order valence-electron chi connectivity index (χ0n) is 15.0. The van der Waals surface area contributed by atoms with Crippen molar-refractivity contribution in [1.29, 1.82) is 0 Å². The lowest BCUT2D eigenvalue weighted by molar-refractivity contribution is 0.616. The number of rotatable bonds is 5. The molecule has 4 nitrogen and oxygen atoms in total. The van der Waals surface area contributed by atoms with Crippen LogP contribution in [0.5, 0.6) is 0 Å². The number of aromatic nitrogens is 2. The van der Waals surface area contributed by atoms with Gasteiger partial charge in [0.1, 0.15) is 0 Å². The van der Waals surface area contributed by atoms with E-state index in [0.717, 1.165) is 16.7 Å². The van der Waals surface area contributed by atoms with Crippen LogP contribution in [0.15, 0.2) is 113 Å². The minimum atomic E-state index is -0.814. The Morgan fingerprint density at radius 2 is 1.04 bits per heavy atom. The highest BCUT2D eigenvalue weighted by Gasteiger charge is 2.36. The molecule has 4 rings (SSSR count). The van der Waals surface area contributed by atoms with Crippen LogP contribution in [0.2, 0.25) is 5.15 Å². The minimum Gasteiger partial charge on any atom is -0.166 e. The van der Waals surface area contributed by atoms with Gasteiger partial charge in [-0.1, -0.05) is 103 Å². The molecule has 0 bridgehead atoms. The Bertz CT molecular complexity index is 953. The van der Waals surface area contributed by atoms with E-state index in [0.29, 0.717) is 11.0 Å². The molecule has 0 unspecified atom stereocenters. The van der Waals surface area contributed by atoms with E-state index in [1.165, 1.54) is 0 Å². The Balaban J connectivity index is 1.97. The highest BCUT2D eigenvalue weighted by Crippen LogP contribution is 2.41. The molecule has 4 aromatic rings. The Hall–Kier alpha value is -3.37. The van der Waals surface area contributed by atoms with Crippen molar-refractivity contribution in [2.24, 2.45) is 10.2 Å². The number of hydrogen-bond donors (Lipinski definition) is 0. The first-order valence-corrected chi connectivity index (χ1v) is 9.25. The lowest BCUT2D eigenvalue weighted by Crippen LogP contribution is -2.26. The summed E-state index contributed by atoms with van der Waals surface area (Å²) in [5.41, 5.74) is 2.22. The fourth-order valence-corrected chi connectivity index (χ4v) is 3.30. The Labute approximate surface area is 168 Å². The van der Waals surface area contributed by atoms with Crippen LogP contribution in [-0.4, -0.2) is 10.2 Å². The molecule has 0 N–H and O–H groups in total. The van der Waals surface area contributed by atoms with Crippen molar-refractivity contribution in [1.82, 2.24) is 10.2 Å². The maximum absolute atomic E-state index is 5.84. The molecule has 0 atom stereocenters. The van der Waals surface area contributed by atoms with Crippen molar-refractivity contribution in [3.05, 3.63) is 125 Å². The largest absolute Gasteiger partial charge is 0.196 e. The molecule has 28 heavy (non-hydrogen) atoms. The molecule has 0 aliphatic carbocycles. The van der Waals surface area contributed by atoms with Crippen molar-refractivity contribution >= 4 is 17.4 Å². The summed E-state index contributed by atoms with van der Waals surface area (Å²) in [6, 6.07) is 33.7. The van der Waals surface area contributed by atoms with E-state index in [2.05, 4.69) is 51.7 Å². The summed E-state index contributed by atoms with van der Waals surface area (Å²) in [5, 5.41) is 17.5. The number of benzene rings is 3. The second-order valence-electron chi connectivity index (χ2n) is 6.22. The van der Waals surface area contributed by atoms with Crippen molar-refractivity contribution in [3.8, 4) is 0 Å². The van der Waals surface area contributed by atoms with E-state index in [-0.39, 0.29) is 0 Å². The Kier molecular flexibility index (Phi) is 5.22. The minimum absolute atomic E-state index is 0.319. The van der Waals surface area contributed by atoms with E-state index in [1.807, 2.05) is 54.6 Å². The molecule has 3 aromatic carbocycles. The second-order valence-corrected chi connectivity index (χ2v) is 6.61. The maximum Gasteiger partial charge on any atom is 0.196 e. The molecule has 0 aliphatic heterocycles. The number of halogens is 1. The summed E-state index contributed by atoms with van der Waals surface area (Å²) in [5.74, 6) is 0.400. The highest BCUT2D eigenvalue weighted by molar-refractivity contribution is 6.29. The van der Waals surface area contributed by atoms with Gasteiger partial charge >= 0.3 is 0 Å². The van der Waals surface area contributed by atoms with Gasteiger partial charge in [0.15, 0.2) is 16.5 Å². The average molecular weight is 385 g/mol. The molecule has 0 fully saturated rings. The van der Waals surface area contributed by atoms with E-state index in [9.17, 15) is 0 Å². The molecule has 5 heteroatoms. The molecule has 136 valence electrons. The van der Waals surface area contributed by atoms with Crippen molar-refractivity contribution in [2.75, 3.05) is 0 Å². The zero-order chi connectivity index (χ0) is 19.2. The van der Waals surface area contributed by atoms with Crippen LogP contribution in [0.25, 0.3) is 0 Å². The van der Waals surface area contributed by atoms with Crippen molar-refractivity contribution in [2.45, 2.75) is 5.54 Å². The smallest absolute Gasteiger partial charge is 0.166 e. The summed E-state index contributed by atoms with van der Waals surface area (Å²) in [7, 11) is 0. The summed E-state index contributed by atoms with van der Waals surface area (Å²) in [4.78, 5) is 0. The number of hydrogen-bond acceptors (Lipinski definition) is 4. The van der Waals surface area contributed by atoms with Crippen LogP contribution in [0.3, 0.4) is 0 Å². The monoisotopic (exact) mass is 384 g/mol. The van der Waals surface area contributed by atoms with Crippen molar-refractivity contribution < 1.29 is 0 Å². The van der Waals surface area contributed by atoms with Crippen LogP contribution >= 0.6 is 11.6 Å². The summed E-state index contributed by atoms with van der Waals surface area (Å²) < 4.78 is 0. The van der Waals surface area contributed by atoms with Gasteiger partial charge in [0, 0.05) is 0 Å². The molecule has 0 spiro atoms. The molecule has 0 saturated carbocycles. The molecule has 1 heterocycles. The van der Waals surface area contributed by atoms with Gasteiger partial charge < -0.3 is 0 Å². The van der Waals surface area contributed by atoms with Crippen LogP contribution in [0, 0.1) is 0 Å². The third kappa shape index (κ3) is 3.55. The molecule has 0 amide bonds. The van der Waals surface area contributed by atoms with Crippen LogP contribution in [0.4, 0.5) is 5.82 Å². The summed E-state index contributed by atoms with van der Waals surface area (Å²) in [6.45, 7) is 0. The van der Waals surface area contributed by atoms with E-state index in [4.69, 9.17) is 16.7 Å². The van der Waals surface area contributed by atoms with E-state index < -0.39 is 5.54 Å². The zero-order valence-corrected chi connectivity index (χ0v) is 15.7. The first-order valence-electron chi connectivity index (χ1n) is 8.88. The molecule has 0 radical (unpaired) electrons. The number of azo groups is 1. The third-order valence-electron chi connectivity index (χ3n) is 4.50. The average Bonchev–Trinajstić information content (AvgIpc) is 2.78. The lowest BCUT2D eigenvalue weighted by Gasteiger charge is -2.30. The van der Waals surface area contributed by atoms with Crippen LogP contribution in [-0.2, 0) is 5.54 Å². The normalized spacial score (nSPS) is 11.6. The Morgan fingerprint density at radius 1 is 0.571 bits per heavy atom. The Morgan fingerprint density at radius 3 is 1.43 bits per heavy atom. The van der Waals surface area contributed by atoms with Gasteiger partial charge in [0.2, 0.25) is 0 Å². The SMILES string of the molecule is Clc1ccc(/N=N/C(c2ccccc2)(c2ccccc2)c2ccccc2)nn1. The first-order chi connectivity index (χ1) is 13.8. The van der Waals surface area contributed by atoms with Gasteiger partial charge in [0.25, 0.3) is 0 Å². The summed E-state index contributed by atoms with van der Waals surface area (Å²) in [6.07, 6.45) is 0. The van der Waals surface area contributed by atoms with Gasteiger partial charge in [-0.2, -0.15) is 5.11 Å². The molecular weight excluding hydrogens is 368 g/mol. The van der Waals surface area contributed by atoms with Crippen LogP contribution in [0.1, 0.15) is 16.7 Å². The molecule has 0 saturated heterocycles. The predicted molar refractivity (Wildman–Crippen MR) is 111 cm³/mol. The standard InChI is InChI=1S/C23H17ClN4/c24-21-16-17-22(26-25-21)27-28-23(18-10-4-1-5-11-18,19-12-6-2-7-13-19)20-14-8-3-9-15-20/h1-17H/b28-27+. The van der Waals surface area contributed by atoms with Gasteiger partial charge in [-0.05, 0) is 28.8 Å². The summed E-state index contributed by atoms with van der Waals surface area (Å²) >= 11 is 5.84. The quantitative estimate of drug-likeness (QED) is 0.303. The molecule has 0 aliphatic rings.